The van der Waals surface area contributed by atoms with E-state index in [1.54, 1.807) is 30.3 Å². The van der Waals surface area contributed by atoms with E-state index in [2.05, 4.69) is 20.6 Å². The second-order valence-electron chi connectivity index (χ2n) is 7.90. The first-order chi connectivity index (χ1) is 16.0. The number of amides is 2. The van der Waals surface area contributed by atoms with Crippen LogP contribution in [0.1, 0.15) is 28.7 Å². The molecule has 1 aliphatic heterocycles. The number of carbonyl (C=O) groups is 2. The number of nitrogens with zero attached hydrogens (tertiary/aromatic N) is 2. The van der Waals surface area contributed by atoms with E-state index in [0.717, 1.165) is 5.56 Å². The first-order valence-corrected chi connectivity index (χ1v) is 11.0. The smallest absolute Gasteiger partial charge is 0.258 e. The Morgan fingerprint density at radius 3 is 2.88 bits per heavy atom. The molecule has 0 radical (unpaired) electrons. The molecule has 2 aromatic carbocycles. The molecule has 0 aliphatic carbocycles. The van der Waals surface area contributed by atoms with Crippen molar-refractivity contribution in [3.8, 4) is 0 Å². The predicted molar refractivity (Wildman–Crippen MR) is 124 cm³/mol. The highest BCUT2D eigenvalue weighted by Gasteiger charge is 2.27. The number of H-pyrrole nitrogens is 1. The van der Waals surface area contributed by atoms with Gasteiger partial charge in [-0.15, -0.1) is 0 Å². The minimum absolute atomic E-state index is 0.141. The first kappa shape index (κ1) is 22.6. The molecule has 0 unspecified atom stereocenters. The maximum atomic E-state index is 12.7. The Morgan fingerprint density at radius 2 is 2.03 bits per heavy atom. The Hall–Kier alpha value is -3.56. The number of rotatable bonds is 7. The lowest BCUT2D eigenvalue weighted by molar-refractivity contribution is -0.139. The average Bonchev–Trinajstić information content (AvgIpc) is 2.83. The Kier molecular flexibility index (Phi) is 7.11. The van der Waals surface area contributed by atoms with Gasteiger partial charge in [0, 0.05) is 31.7 Å². The van der Waals surface area contributed by atoms with Crippen molar-refractivity contribution < 1.29 is 14.3 Å². The van der Waals surface area contributed by atoms with Gasteiger partial charge in [-0.3, -0.25) is 19.3 Å². The van der Waals surface area contributed by atoms with Crippen molar-refractivity contribution in [3.63, 3.8) is 0 Å². The molecule has 4 rings (SSSR count). The molecule has 1 fully saturated rings. The molecule has 1 aromatic heterocycles. The SMILES string of the molecule is CCNC(=O)c1cccc(CNC(=O)[C@H]2CN(Cc3nc4ccccc4c(=O)[nH]3)CCO2)c1. The molecule has 9 nitrogen and oxygen atoms in total. The van der Waals surface area contributed by atoms with Crippen LogP contribution in [-0.2, 0) is 22.6 Å². The zero-order chi connectivity index (χ0) is 23.2. The Labute approximate surface area is 191 Å². The highest BCUT2D eigenvalue weighted by Crippen LogP contribution is 2.11. The van der Waals surface area contributed by atoms with Gasteiger partial charge in [0.2, 0.25) is 0 Å². The van der Waals surface area contributed by atoms with Gasteiger partial charge in [-0.25, -0.2) is 4.98 Å². The van der Waals surface area contributed by atoms with Crippen molar-refractivity contribution in [3.05, 3.63) is 75.8 Å². The third-order valence-electron chi connectivity index (χ3n) is 5.47. The quantitative estimate of drug-likeness (QED) is 0.499. The fourth-order valence-electron chi connectivity index (χ4n) is 3.81. The van der Waals surface area contributed by atoms with Crippen LogP contribution in [0.3, 0.4) is 0 Å². The topological polar surface area (TPSA) is 116 Å². The normalized spacial score (nSPS) is 16.5. The molecule has 0 saturated carbocycles. The van der Waals surface area contributed by atoms with E-state index >= 15 is 0 Å². The summed E-state index contributed by atoms with van der Waals surface area (Å²) >= 11 is 0. The lowest BCUT2D eigenvalue weighted by Gasteiger charge is -2.31. The van der Waals surface area contributed by atoms with Crippen LogP contribution < -0.4 is 16.2 Å². The van der Waals surface area contributed by atoms with E-state index in [9.17, 15) is 14.4 Å². The molecule has 1 atom stereocenters. The molecule has 2 amide bonds. The zero-order valence-corrected chi connectivity index (χ0v) is 18.5. The molecule has 2 heterocycles. The summed E-state index contributed by atoms with van der Waals surface area (Å²) in [6, 6.07) is 14.4. The number of hydrogen-bond acceptors (Lipinski definition) is 6. The van der Waals surface area contributed by atoms with Crippen LogP contribution in [-0.4, -0.2) is 59.0 Å². The minimum atomic E-state index is -0.627. The molecule has 3 aromatic rings. The van der Waals surface area contributed by atoms with E-state index in [4.69, 9.17) is 4.74 Å². The Balaban J connectivity index is 1.35. The van der Waals surface area contributed by atoms with E-state index in [0.29, 0.717) is 61.6 Å². The van der Waals surface area contributed by atoms with Crippen LogP contribution >= 0.6 is 0 Å². The number of carbonyl (C=O) groups excluding carboxylic acids is 2. The van der Waals surface area contributed by atoms with Gasteiger partial charge in [0.15, 0.2) is 0 Å². The van der Waals surface area contributed by atoms with Crippen LogP contribution in [0.4, 0.5) is 0 Å². The minimum Gasteiger partial charge on any atom is -0.366 e. The van der Waals surface area contributed by atoms with E-state index < -0.39 is 6.10 Å². The molecule has 9 heteroatoms. The van der Waals surface area contributed by atoms with Crippen molar-refractivity contribution >= 4 is 22.7 Å². The molecular weight excluding hydrogens is 422 g/mol. The van der Waals surface area contributed by atoms with Crippen LogP contribution in [0.2, 0.25) is 0 Å². The summed E-state index contributed by atoms with van der Waals surface area (Å²) in [4.78, 5) is 46.4. The van der Waals surface area contributed by atoms with E-state index in [-0.39, 0.29) is 17.4 Å². The van der Waals surface area contributed by atoms with E-state index in [1.807, 2.05) is 30.0 Å². The lowest BCUT2D eigenvalue weighted by Crippen LogP contribution is -2.49. The van der Waals surface area contributed by atoms with Gasteiger partial charge in [-0.2, -0.15) is 0 Å². The number of hydrogen-bond donors (Lipinski definition) is 3. The van der Waals surface area contributed by atoms with Crippen molar-refractivity contribution in [1.82, 2.24) is 25.5 Å². The van der Waals surface area contributed by atoms with Crippen LogP contribution in [0.15, 0.2) is 53.3 Å². The standard InChI is InChI=1S/C24H27N5O4/c1-2-25-22(30)17-7-5-6-16(12-17)13-26-24(32)20-14-29(10-11-33-20)15-21-27-19-9-4-3-8-18(19)23(31)28-21/h3-9,12,20H,2,10-11,13-15H2,1H3,(H,25,30)(H,26,32)(H,27,28,31)/t20-/m1/s1. The fourth-order valence-corrected chi connectivity index (χ4v) is 3.81. The van der Waals surface area contributed by atoms with Crippen LogP contribution in [0.5, 0.6) is 0 Å². The average molecular weight is 450 g/mol. The third kappa shape index (κ3) is 5.63. The van der Waals surface area contributed by atoms with Gasteiger partial charge in [-0.05, 0) is 36.8 Å². The fraction of sp³-hybridized carbons (Fsp3) is 0.333. The number of benzene rings is 2. The summed E-state index contributed by atoms with van der Waals surface area (Å²) < 4.78 is 5.67. The largest absolute Gasteiger partial charge is 0.366 e. The molecular formula is C24H27N5O4. The number of nitrogens with one attached hydrogen (secondary N) is 3. The molecule has 3 N–H and O–H groups in total. The summed E-state index contributed by atoms with van der Waals surface area (Å²) in [5, 5.41) is 6.21. The van der Waals surface area contributed by atoms with Crippen molar-refractivity contribution in [1.29, 1.82) is 0 Å². The van der Waals surface area contributed by atoms with Crippen LogP contribution in [0, 0.1) is 0 Å². The highest BCUT2D eigenvalue weighted by molar-refractivity contribution is 5.94. The third-order valence-corrected chi connectivity index (χ3v) is 5.47. The summed E-state index contributed by atoms with van der Waals surface area (Å²) in [6.07, 6.45) is -0.627. The zero-order valence-electron chi connectivity index (χ0n) is 18.5. The van der Waals surface area contributed by atoms with Gasteiger partial charge in [0.05, 0.1) is 24.1 Å². The second-order valence-corrected chi connectivity index (χ2v) is 7.90. The molecule has 1 aliphatic rings. The summed E-state index contributed by atoms with van der Waals surface area (Å²) in [5.41, 5.74) is 1.86. The molecule has 0 spiro atoms. The molecule has 33 heavy (non-hydrogen) atoms. The molecule has 1 saturated heterocycles. The number of aromatic amines is 1. The molecule has 172 valence electrons. The van der Waals surface area contributed by atoms with Gasteiger partial charge in [0.1, 0.15) is 11.9 Å². The number of fused-ring (bicyclic) bond motifs is 1. The molecule has 0 bridgehead atoms. The number of aromatic nitrogens is 2. The number of para-hydroxylation sites is 1. The Morgan fingerprint density at radius 1 is 1.18 bits per heavy atom. The Bertz CT molecular complexity index is 1210. The number of ether oxygens (including phenoxy) is 1. The van der Waals surface area contributed by atoms with Crippen molar-refractivity contribution in [2.75, 3.05) is 26.2 Å². The van der Waals surface area contributed by atoms with Crippen LogP contribution in [0.25, 0.3) is 10.9 Å². The summed E-state index contributed by atoms with van der Waals surface area (Å²) in [5.74, 6) is 0.197. The summed E-state index contributed by atoms with van der Waals surface area (Å²) in [7, 11) is 0. The highest BCUT2D eigenvalue weighted by atomic mass is 16.5. The summed E-state index contributed by atoms with van der Waals surface area (Å²) in [6.45, 7) is 4.56. The van der Waals surface area contributed by atoms with Gasteiger partial charge in [-0.1, -0.05) is 24.3 Å². The van der Waals surface area contributed by atoms with Gasteiger partial charge >= 0.3 is 0 Å². The van der Waals surface area contributed by atoms with Crippen molar-refractivity contribution in [2.45, 2.75) is 26.1 Å². The lowest BCUT2D eigenvalue weighted by atomic mass is 10.1. The first-order valence-electron chi connectivity index (χ1n) is 11.0. The van der Waals surface area contributed by atoms with E-state index in [1.165, 1.54) is 0 Å². The van der Waals surface area contributed by atoms with Crippen molar-refractivity contribution in [2.24, 2.45) is 0 Å². The maximum Gasteiger partial charge on any atom is 0.258 e. The monoisotopic (exact) mass is 449 g/mol. The predicted octanol–water partition coefficient (Wildman–Crippen LogP) is 1.19. The van der Waals surface area contributed by atoms with Gasteiger partial charge < -0.3 is 20.4 Å². The number of morpholine rings is 1. The maximum absolute atomic E-state index is 12.7. The van der Waals surface area contributed by atoms with Gasteiger partial charge in [0.25, 0.3) is 17.4 Å². The second kappa shape index (κ2) is 10.4.